The van der Waals surface area contributed by atoms with Crippen LogP contribution in [0.1, 0.15) is 11.3 Å². The van der Waals surface area contributed by atoms with E-state index in [-0.39, 0.29) is 11.5 Å². The molecule has 0 aliphatic rings. The van der Waals surface area contributed by atoms with E-state index in [1.54, 1.807) is 12.3 Å². The van der Waals surface area contributed by atoms with E-state index >= 15 is 0 Å². The first-order chi connectivity index (χ1) is 9.15. The Bertz CT molecular complexity index is 528. The monoisotopic (exact) mass is 259 g/mol. The predicted molar refractivity (Wildman–Crippen MR) is 75.1 cm³/mol. The number of hydrogen-bond donors (Lipinski definition) is 1. The largest absolute Gasteiger partial charge is 0.396 e. The third-order valence-corrected chi connectivity index (χ3v) is 2.99. The van der Waals surface area contributed by atoms with Crippen LogP contribution in [0.15, 0.2) is 42.6 Å². The highest BCUT2D eigenvalue weighted by Crippen LogP contribution is 2.13. The Morgan fingerprint density at radius 2 is 2.11 bits per heavy atom. The highest BCUT2D eigenvalue weighted by atomic mass is 19.1. The Balaban J connectivity index is 1.87. The van der Waals surface area contributed by atoms with Gasteiger partial charge in [-0.1, -0.05) is 12.1 Å². The van der Waals surface area contributed by atoms with Crippen molar-refractivity contribution in [2.75, 3.05) is 19.3 Å². The lowest BCUT2D eigenvalue weighted by atomic mass is 10.2. The van der Waals surface area contributed by atoms with Crippen LogP contribution in [-0.2, 0) is 13.0 Å². The molecular formula is C15H18FN3. The molecule has 0 saturated carbocycles. The van der Waals surface area contributed by atoms with Crippen molar-refractivity contribution < 1.29 is 4.39 Å². The van der Waals surface area contributed by atoms with Gasteiger partial charge in [0.2, 0.25) is 0 Å². The summed E-state index contributed by atoms with van der Waals surface area (Å²) in [6, 6.07) is 10.9. The summed E-state index contributed by atoms with van der Waals surface area (Å²) in [7, 11) is 2.01. The minimum Gasteiger partial charge on any atom is -0.396 e. The van der Waals surface area contributed by atoms with E-state index in [0.29, 0.717) is 6.54 Å². The molecule has 2 aromatic rings. The third-order valence-electron chi connectivity index (χ3n) is 2.99. The first-order valence-electron chi connectivity index (χ1n) is 6.27. The fourth-order valence-corrected chi connectivity index (χ4v) is 1.91. The van der Waals surface area contributed by atoms with Gasteiger partial charge in [-0.3, -0.25) is 4.98 Å². The van der Waals surface area contributed by atoms with Crippen LogP contribution in [0.2, 0.25) is 0 Å². The molecule has 4 heteroatoms. The van der Waals surface area contributed by atoms with Crippen molar-refractivity contribution in [1.82, 2.24) is 9.88 Å². The number of aromatic nitrogens is 1. The second kappa shape index (κ2) is 6.29. The van der Waals surface area contributed by atoms with E-state index in [2.05, 4.69) is 9.88 Å². The van der Waals surface area contributed by atoms with Crippen molar-refractivity contribution in [2.24, 2.45) is 0 Å². The lowest BCUT2D eigenvalue weighted by molar-refractivity contribution is 0.329. The normalized spacial score (nSPS) is 10.9. The van der Waals surface area contributed by atoms with Gasteiger partial charge >= 0.3 is 0 Å². The number of benzene rings is 1. The van der Waals surface area contributed by atoms with Crippen LogP contribution in [0, 0.1) is 5.82 Å². The van der Waals surface area contributed by atoms with Crippen LogP contribution < -0.4 is 5.73 Å². The van der Waals surface area contributed by atoms with E-state index in [9.17, 15) is 4.39 Å². The van der Waals surface area contributed by atoms with Crippen molar-refractivity contribution in [3.63, 3.8) is 0 Å². The quantitative estimate of drug-likeness (QED) is 0.839. The van der Waals surface area contributed by atoms with Gasteiger partial charge in [-0.15, -0.1) is 0 Å². The number of likely N-dealkylation sites (N-methyl/N-ethyl adjacent to an activating group) is 1. The molecule has 100 valence electrons. The SMILES string of the molecule is CN(CCc1ccccn1)Cc1ccc(N)c(F)c1. The van der Waals surface area contributed by atoms with Gasteiger partial charge in [-0.05, 0) is 36.9 Å². The number of anilines is 1. The number of nitrogen functional groups attached to an aromatic ring is 1. The van der Waals surface area contributed by atoms with Crippen LogP contribution in [0.25, 0.3) is 0 Å². The van der Waals surface area contributed by atoms with Crippen molar-refractivity contribution >= 4 is 5.69 Å². The van der Waals surface area contributed by atoms with Gasteiger partial charge in [0.1, 0.15) is 5.82 Å². The van der Waals surface area contributed by atoms with Gasteiger partial charge in [0.15, 0.2) is 0 Å². The highest BCUT2D eigenvalue weighted by Gasteiger charge is 2.04. The van der Waals surface area contributed by atoms with E-state index in [4.69, 9.17) is 5.73 Å². The van der Waals surface area contributed by atoms with Crippen LogP contribution >= 0.6 is 0 Å². The molecule has 0 bridgehead atoms. The molecule has 2 N–H and O–H groups in total. The Hall–Kier alpha value is -1.94. The molecule has 0 fully saturated rings. The summed E-state index contributed by atoms with van der Waals surface area (Å²) in [4.78, 5) is 6.42. The lowest BCUT2D eigenvalue weighted by Crippen LogP contribution is -2.21. The topological polar surface area (TPSA) is 42.2 Å². The summed E-state index contributed by atoms with van der Waals surface area (Å²) in [6.07, 6.45) is 2.68. The van der Waals surface area contributed by atoms with Gasteiger partial charge < -0.3 is 10.6 Å². The van der Waals surface area contributed by atoms with Crippen LogP contribution in [-0.4, -0.2) is 23.5 Å². The van der Waals surface area contributed by atoms with Crippen LogP contribution in [0.3, 0.4) is 0 Å². The first-order valence-corrected chi connectivity index (χ1v) is 6.27. The van der Waals surface area contributed by atoms with Crippen molar-refractivity contribution in [3.8, 4) is 0 Å². The van der Waals surface area contributed by atoms with Gasteiger partial charge in [-0.25, -0.2) is 4.39 Å². The molecule has 0 spiro atoms. The summed E-state index contributed by atoms with van der Waals surface area (Å²) >= 11 is 0. The maximum atomic E-state index is 13.3. The summed E-state index contributed by atoms with van der Waals surface area (Å²) in [6.45, 7) is 1.58. The average Bonchev–Trinajstić information content (AvgIpc) is 2.42. The number of halogens is 1. The summed E-state index contributed by atoms with van der Waals surface area (Å²) in [5.74, 6) is -0.351. The zero-order chi connectivity index (χ0) is 13.7. The van der Waals surface area contributed by atoms with Crippen molar-refractivity contribution in [1.29, 1.82) is 0 Å². The minimum absolute atomic E-state index is 0.194. The van der Waals surface area contributed by atoms with E-state index < -0.39 is 0 Å². The molecule has 0 amide bonds. The standard InChI is InChI=1S/C15H18FN3/c1-19(9-7-13-4-2-3-8-18-13)11-12-5-6-15(17)14(16)10-12/h2-6,8,10H,7,9,11,17H2,1H3. The number of hydrogen-bond acceptors (Lipinski definition) is 3. The number of rotatable bonds is 5. The molecular weight excluding hydrogens is 241 g/mol. The third kappa shape index (κ3) is 4.03. The highest BCUT2D eigenvalue weighted by molar-refractivity contribution is 5.41. The molecule has 0 aliphatic carbocycles. The van der Waals surface area contributed by atoms with Gasteiger partial charge in [0.25, 0.3) is 0 Å². The van der Waals surface area contributed by atoms with E-state index in [0.717, 1.165) is 24.2 Å². The molecule has 2 rings (SSSR count). The zero-order valence-corrected chi connectivity index (χ0v) is 11.0. The molecule has 0 unspecified atom stereocenters. The maximum Gasteiger partial charge on any atom is 0.146 e. The Labute approximate surface area is 112 Å². The average molecular weight is 259 g/mol. The van der Waals surface area contributed by atoms with Gasteiger partial charge in [0, 0.05) is 31.4 Å². The zero-order valence-electron chi connectivity index (χ0n) is 11.0. The number of pyridine rings is 1. The molecule has 0 radical (unpaired) electrons. The predicted octanol–water partition coefficient (Wildman–Crippen LogP) is 2.48. The molecule has 0 saturated heterocycles. The number of nitrogens with two attached hydrogens (primary N) is 1. The second-order valence-corrected chi connectivity index (χ2v) is 4.66. The minimum atomic E-state index is -0.351. The molecule has 19 heavy (non-hydrogen) atoms. The van der Waals surface area contributed by atoms with Gasteiger partial charge in [-0.2, -0.15) is 0 Å². The Morgan fingerprint density at radius 1 is 1.26 bits per heavy atom. The fourth-order valence-electron chi connectivity index (χ4n) is 1.91. The van der Waals surface area contributed by atoms with Crippen LogP contribution in [0.5, 0.6) is 0 Å². The summed E-state index contributed by atoms with van der Waals surface area (Å²) < 4.78 is 13.3. The molecule has 3 nitrogen and oxygen atoms in total. The maximum absolute atomic E-state index is 13.3. The molecule has 1 aromatic heterocycles. The molecule has 1 aromatic carbocycles. The Kier molecular flexibility index (Phi) is 4.47. The van der Waals surface area contributed by atoms with Crippen molar-refractivity contribution in [3.05, 3.63) is 59.7 Å². The van der Waals surface area contributed by atoms with E-state index in [1.165, 1.54) is 6.07 Å². The van der Waals surface area contributed by atoms with E-state index in [1.807, 2.05) is 31.3 Å². The number of nitrogens with zero attached hydrogens (tertiary/aromatic N) is 2. The lowest BCUT2D eigenvalue weighted by Gasteiger charge is -2.16. The smallest absolute Gasteiger partial charge is 0.146 e. The Morgan fingerprint density at radius 3 is 2.79 bits per heavy atom. The second-order valence-electron chi connectivity index (χ2n) is 4.66. The molecule has 0 atom stereocenters. The summed E-state index contributed by atoms with van der Waals surface area (Å²) in [5.41, 5.74) is 7.65. The van der Waals surface area contributed by atoms with Crippen molar-refractivity contribution in [2.45, 2.75) is 13.0 Å². The van der Waals surface area contributed by atoms with Gasteiger partial charge in [0.05, 0.1) is 5.69 Å². The van der Waals surface area contributed by atoms with Crippen LogP contribution in [0.4, 0.5) is 10.1 Å². The fraction of sp³-hybridized carbons (Fsp3) is 0.267. The summed E-state index contributed by atoms with van der Waals surface area (Å²) in [5, 5.41) is 0. The molecule has 1 heterocycles. The first kappa shape index (κ1) is 13.5. The molecule has 0 aliphatic heterocycles.